The summed E-state index contributed by atoms with van der Waals surface area (Å²) in [7, 11) is 1.68. The summed E-state index contributed by atoms with van der Waals surface area (Å²) in [5.74, 6) is 6.66. The van der Waals surface area contributed by atoms with Gasteiger partial charge in [0, 0.05) is 9.13 Å². The number of hydrogen-bond donors (Lipinski definition) is 2. The summed E-state index contributed by atoms with van der Waals surface area (Å²) in [5.41, 5.74) is 7.57. The summed E-state index contributed by atoms with van der Waals surface area (Å²) < 4.78 is 6.70. The van der Waals surface area contributed by atoms with Crippen molar-refractivity contribution in [2.45, 2.75) is 19.9 Å². The first kappa shape index (κ1) is 15.3. The van der Waals surface area contributed by atoms with E-state index in [0.29, 0.717) is 0 Å². The number of rotatable bonds is 4. The van der Waals surface area contributed by atoms with Gasteiger partial charge in [0.15, 0.2) is 0 Å². The predicted molar refractivity (Wildman–Crippen MR) is 90.8 cm³/mol. The highest BCUT2D eigenvalue weighted by atomic mass is 127. The molecule has 0 heterocycles. The molecule has 1 unspecified atom stereocenters. The van der Waals surface area contributed by atoms with Gasteiger partial charge >= 0.3 is 0 Å². The maximum absolute atomic E-state index is 5.82. The Labute approximate surface area is 133 Å². The highest BCUT2D eigenvalue weighted by molar-refractivity contribution is 14.1. The van der Waals surface area contributed by atoms with Crippen LogP contribution in [0.2, 0.25) is 0 Å². The minimum Gasteiger partial charge on any atom is -0.496 e. The molecule has 0 saturated carbocycles. The van der Waals surface area contributed by atoms with Crippen LogP contribution in [0.5, 0.6) is 5.75 Å². The number of nitrogens with two attached hydrogens (primary N) is 1. The molecule has 0 saturated heterocycles. The molecule has 0 amide bonds. The number of nitrogens with one attached hydrogen (secondary N) is 1. The zero-order valence-electron chi connectivity index (χ0n) is 11.9. The van der Waals surface area contributed by atoms with Crippen molar-refractivity contribution in [1.82, 2.24) is 5.43 Å². The lowest BCUT2D eigenvalue weighted by Crippen LogP contribution is -2.30. The van der Waals surface area contributed by atoms with E-state index in [2.05, 4.69) is 66.1 Å². The van der Waals surface area contributed by atoms with Crippen LogP contribution in [0.25, 0.3) is 0 Å². The van der Waals surface area contributed by atoms with Crippen LogP contribution in [0.3, 0.4) is 0 Å². The Balaban J connectivity index is 2.58. The maximum Gasteiger partial charge on any atom is 0.124 e. The van der Waals surface area contributed by atoms with E-state index in [1.807, 2.05) is 12.1 Å². The number of benzene rings is 2. The Morgan fingerprint density at radius 2 is 1.90 bits per heavy atom. The smallest absolute Gasteiger partial charge is 0.124 e. The molecule has 2 aromatic rings. The van der Waals surface area contributed by atoms with Crippen molar-refractivity contribution in [3.8, 4) is 5.75 Å². The fourth-order valence-corrected chi connectivity index (χ4v) is 2.99. The lowest BCUT2D eigenvalue weighted by molar-refractivity contribution is 0.404. The molecule has 0 aliphatic rings. The van der Waals surface area contributed by atoms with Gasteiger partial charge in [-0.25, -0.2) is 5.43 Å². The van der Waals surface area contributed by atoms with E-state index in [-0.39, 0.29) is 6.04 Å². The molecule has 3 N–H and O–H groups in total. The van der Waals surface area contributed by atoms with Crippen molar-refractivity contribution in [2.24, 2.45) is 5.84 Å². The normalized spacial score (nSPS) is 12.2. The van der Waals surface area contributed by atoms with Gasteiger partial charge in [0.05, 0.1) is 13.2 Å². The average molecular weight is 382 g/mol. The summed E-state index contributed by atoms with van der Waals surface area (Å²) in [6.45, 7) is 4.17. The van der Waals surface area contributed by atoms with Crippen LogP contribution in [0.4, 0.5) is 0 Å². The molecular weight excluding hydrogens is 363 g/mol. The number of ether oxygens (including phenoxy) is 1. The Bertz CT molecular complexity index is 613. The van der Waals surface area contributed by atoms with Crippen molar-refractivity contribution < 1.29 is 4.74 Å². The molecule has 4 heteroatoms. The fourth-order valence-electron chi connectivity index (χ4n) is 2.32. The van der Waals surface area contributed by atoms with Gasteiger partial charge < -0.3 is 4.74 Å². The second-order valence-corrected chi connectivity index (χ2v) is 5.90. The molecule has 0 aromatic heterocycles. The largest absolute Gasteiger partial charge is 0.496 e. The molecule has 0 fully saturated rings. The highest BCUT2D eigenvalue weighted by Crippen LogP contribution is 2.33. The summed E-state index contributed by atoms with van der Waals surface area (Å²) in [5, 5.41) is 0. The number of methoxy groups -OCH3 is 1. The van der Waals surface area contributed by atoms with Crippen LogP contribution < -0.4 is 16.0 Å². The van der Waals surface area contributed by atoms with Crippen LogP contribution in [-0.2, 0) is 0 Å². The molecule has 106 valence electrons. The van der Waals surface area contributed by atoms with Crippen molar-refractivity contribution >= 4 is 22.6 Å². The molecular formula is C16H19IN2O. The van der Waals surface area contributed by atoms with Gasteiger partial charge in [-0.05, 0) is 53.6 Å². The lowest BCUT2D eigenvalue weighted by Gasteiger charge is -2.22. The van der Waals surface area contributed by atoms with E-state index in [0.717, 1.165) is 16.9 Å². The zero-order valence-corrected chi connectivity index (χ0v) is 14.1. The number of aryl methyl sites for hydroxylation is 2. The molecule has 3 nitrogen and oxygen atoms in total. The van der Waals surface area contributed by atoms with E-state index >= 15 is 0 Å². The van der Waals surface area contributed by atoms with Crippen molar-refractivity contribution in [3.63, 3.8) is 0 Å². The molecule has 0 radical (unpaired) electrons. The summed E-state index contributed by atoms with van der Waals surface area (Å²) in [4.78, 5) is 0. The minimum absolute atomic E-state index is 0.0864. The molecule has 1 atom stereocenters. The van der Waals surface area contributed by atoms with E-state index < -0.39 is 0 Å². The molecule has 2 aromatic carbocycles. The first-order valence-electron chi connectivity index (χ1n) is 6.44. The highest BCUT2D eigenvalue weighted by Gasteiger charge is 2.20. The first-order chi connectivity index (χ1) is 9.58. The minimum atomic E-state index is -0.0864. The second-order valence-electron chi connectivity index (χ2n) is 4.82. The summed E-state index contributed by atoms with van der Waals surface area (Å²) in [6, 6.07) is 12.3. The molecule has 0 bridgehead atoms. The van der Waals surface area contributed by atoms with E-state index in [1.54, 1.807) is 7.11 Å². The quantitative estimate of drug-likeness (QED) is 0.484. The van der Waals surface area contributed by atoms with E-state index in [1.165, 1.54) is 14.7 Å². The first-order valence-corrected chi connectivity index (χ1v) is 7.52. The predicted octanol–water partition coefficient (Wildman–Crippen LogP) is 3.47. The molecule has 0 aliphatic heterocycles. The number of halogens is 1. The number of hydrazine groups is 1. The SMILES string of the molecule is COc1ccc(C)cc1C(NN)c1cccc(C)c1I. The Hall–Kier alpha value is -1.11. The Morgan fingerprint density at radius 1 is 1.15 bits per heavy atom. The lowest BCUT2D eigenvalue weighted by atomic mass is 9.96. The van der Waals surface area contributed by atoms with Gasteiger partial charge in [-0.1, -0.05) is 35.9 Å². The van der Waals surface area contributed by atoms with Crippen molar-refractivity contribution in [3.05, 3.63) is 62.2 Å². The Kier molecular flexibility index (Phi) is 5.01. The van der Waals surface area contributed by atoms with Gasteiger partial charge in [0.2, 0.25) is 0 Å². The third-order valence-electron chi connectivity index (χ3n) is 3.40. The van der Waals surface area contributed by atoms with Crippen molar-refractivity contribution in [1.29, 1.82) is 0 Å². The van der Waals surface area contributed by atoms with Crippen LogP contribution in [0.15, 0.2) is 36.4 Å². The second kappa shape index (κ2) is 6.56. The Morgan fingerprint density at radius 3 is 2.55 bits per heavy atom. The zero-order chi connectivity index (χ0) is 14.7. The molecule has 20 heavy (non-hydrogen) atoms. The van der Waals surface area contributed by atoms with Crippen LogP contribution >= 0.6 is 22.6 Å². The number of hydrogen-bond acceptors (Lipinski definition) is 3. The maximum atomic E-state index is 5.82. The van der Waals surface area contributed by atoms with Crippen molar-refractivity contribution in [2.75, 3.05) is 7.11 Å². The molecule has 2 rings (SSSR count). The summed E-state index contributed by atoms with van der Waals surface area (Å²) in [6.07, 6.45) is 0. The standard InChI is InChI=1S/C16H19IN2O/c1-10-7-8-14(20-3)13(9-10)16(19-18)12-6-4-5-11(2)15(12)17/h4-9,16,19H,18H2,1-3H3. The van der Waals surface area contributed by atoms with E-state index in [9.17, 15) is 0 Å². The molecule has 0 spiro atoms. The monoisotopic (exact) mass is 382 g/mol. The van der Waals surface area contributed by atoms with Gasteiger partial charge in [-0.3, -0.25) is 5.84 Å². The van der Waals surface area contributed by atoms with Gasteiger partial charge in [-0.2, -0.15) is 0 Å². The van der Waals surface area contributed by atoms with Gasteiger partial charge in [-0.15, -0.1) is 0 Å². The fraction of sp³-hybridized carbons (Fsp3) is 0.250. The van der Waals surface area contributed by atoms with Gasteiger partial charge in [0.1, 0.15) is 5.75 Å². The third kappa shape index (κ3) is 2.97. The van der Waals surface area contributed by atoms with Crippen LogP contribution in [0, 0.1) is 17.4 Å². The van der Waals surface area contributed by atoms with Crippen LogP contribution in [0.1, 0.15) is 28.3 Å². The van der Waals surface area contributed by atoms with Crippen LogP contribution in [-0.4, -0.2) is 7.11 Å². The topological polar surface area (TPSA) is 47.3 Å². The third-order valence-corrected chi connectivity index (χ3v) is 4.87. The average Bonchev–Trinajstić information content (AvgIpc) is 2.44. The summed E-state index contributed by atoms with van der Waals surface area (Å²) >= 11 is 2.37. The van der Waals surface area contributed by atoms with Gasteiger partial charge in [0.25, 0.3) is 0 Å². The molecule has 0 aliphatic carbocycles. The van der Waals surface area contributed by atoms with E-state index in [4.69, 9.17) is 10.6 Å².